The van der Waals surface area contributed by atoms with Crippen LogP contribution in [0, 0.1) is 0 Å². The second-order valence-electron chi connectivity index (χ2n) is 3.84. The zero-order chi connectivity index (χ0) is 11.4. The van der Waals surface area contributed by atoms with Crippen LogP contribution in [0.1, 0.15) is 18.5 Å². The lowest BCUT2D eigenvalue weighted by atomic mass is 10.0. The highest BCUT2D eigenvalue weighted by molar-refractivity contribution is 5.69. The number of hydrogen-bond donors (Lipinski definition) is 2. The SMILES string of the molecule is CC(=O)Oc1ccccc1C1CNCCN1. The van der Waals surface area contributed by atoms with Gasteiger partial charge in [0.2, 0.25) is 0 Å². The van der Waals surface area contributed by atoms with E-state index in [1.54, 1.807) is 0 Å². The van der Waals surface area contributed by atoms with E-state index in [-0.39, 0.29) is 12.0 Å². The Hall–Kier alpha value is -1.39. The van der Waals surface area contributed by atoms with Crippen molar-refractivity contribution in [3.63, 3.8) is 0 Å². The minimum atomic E-state index is -0.281. The molecule has 0 bridgehead atoms. The van der Waals surface area contributed by atoms with Gasteiger partial charge < -0.3 is 15.4 Å². The Balaban J connectivity index is 2.20. The van der Waals surface area contributed by atoms with E-state index in [2.05, 4.69) is 10.6 Å². The number of ether oxygens (including phenoxy) is 1. The topological polar surface area (TPSA) is 50.4 Å². The Labute approximate surface area is 95.0 Å². The summed E-state index contributed by atoms with van der Waals surface area (Å²) in [6.07, 6.45) is 0. The lowest BCUT2D eigenvalue weighted by Gasteiger charge is -2.26. The molecule has 1 aromatic rings. The standard InChI is InChI=1S/C12H16N2O2/c1-9(15)16-12-5-3-2-4-10(12)11-8-13-6-7-14-11/h2-5,11,13-14H,6-8H2,1H3. The summed E-state index contributed by atoms with van der Waals surface area (Å²) in [4.78, 5) is 11.0. The maximum atomic E-state index is 11.0. The molecule has 1 aliphatic heterocycles. The molecule has 0 spiro atoms. The summed E-state index contributed by atoms with van der Waals surface area (Å²) in [7, 11) is 0. The van der Waals surface area contributed by atoms with Gasteiger partial charge in [-0.15, -0.1) is 0 Å². The van der Waals surface area contributed by atoms with Crippen LogP contribution < -0.4 is 15.4 Å². The second kappa shape index (κ2) is 5.09. The number of benzene rings is 1. The highest BCUT2D eigenvalue weighted by Gasteiger charge is 2.18. The van der Waals surface area contributed by atoms with Gasteiger partial charge in [0.05, 0.1) is 0 Å². The maximum absolute atomic E-state index is 11.0. The Morgan fingerprint density at radius 1 is 1.38 bits per heavy atom. The van der Waals surface area contributed by atoms with Gasteiger partial charge in [0.15, 0.2) is 0 Å². The average molecular weight is 220 g/mol. The number of rotatable bonds is 2. The summed E-state index contributed by atoms with van der Waals surface area (Å²) in [5, 5.41) is 6.71. The molecule has 4 nitrogen and oxygen atoms in total. The fraction of sp³-hybridized carbons (Fsp3) is 0.417. The largest absolute Gasteiger partial charge is 0.426 e. The Kier molecular flexibility index (Phi) is 3.54. The number of piperazine rings is 1. The van der Waals surface area contributed by atoms with Crippen LogP contribution in [0.25, 0.3) is 0 Å². The van der Waals surface area contributed by atoms with Crippen molar-refractivity contribution >= 4 is 5.97 Å². The van der Waals surface area contributed by atoms with Crippen molar-refractivity contribution in [1.29, 1.82) is 0 Å². The first-order chi connectivity index (χ1) is 7.77. The van der Waals surface area contributed by atoms with Gasteiger partial charge in [-0.1, -0.05) is 18.2 Å². The monoisotopic (exact) mass is 220 g/mol. The van der Waals surface area contributed by atoms with Crippen LogP contribution >= 0.6 is 0 Å². The van der Waals surface area contributed by atoms with Gasteiger partial charge >= 0.3 is 5.97 Å². The van der Waals surface area contributed by atoms with E-state index in [1.807, 2.05) is 24.3 Å². The molecular weight excluding hydrogens is 204 g/mol. The third-order valence-electron chi connectivity index (χ3n) is 2.59. The van der Waals surface area contributed by atoms with Crippen LogP contribution in [-0.2, 0) is 4.79 Å². The van der Waals surface area contributed by atoms with Crippen molar-refractivity contribution in [1.82, 2.24) is 10.6 Å². The van der Waals surface area contributed by atoms with Crippen molar-refractivity contribution < 1.29 is 9.53 Å². The molecule has 1 atom stereocenters. The smallest absolute Gasteiger partial charge is 0.308 e. The van der Waals surface area contributed by atoms with Gasteiger partial charge in [0, 0.05) is 38.2 Å². The first kappa shape index (κ1) is 11.1. The van der Waals surface area contributed by atoms with Crippen LogP contribution in [0.4, 0.5) is 0 Å². The first-order valence-electron chi connectivity index (χ1n) is 5.49. The van der Waals surface area contributed by atoms with Crippen molar-refractivity contribution in [2.24, 2.45) is 0 Å². The van der Waals surface area contributed by atoms with Gasteiger partial charge in [-0.25, -0.2) is 0 Å². The normalized spacial score (nSPS) is 20.4. The number of esters is 1. The van der Waals surface area contributed by atoms with Crippen LogP contribution in [0.5, 0.6) is 5.75 Å². The third kappa shape index (κ3) is 2.59. The highest BCUT2D eigenvalue weighted by Crippen LogP contribution is 2.25. The van der Waals surface area contributed by atoms with E-state index in [4.69, 9.17) is 4.74 Å². The molecule has 2 rings (SSSR count). The first-order valence-corrected chi connectivity index (χ1v) is 5.49. The molecule has 1 fully saturated rings. The fourth-order valence-electron chi connectivity index (χ4n) is 1.89. The summed E-state index contributed by atoms with van der Waals surface area (Å²) in [5.74, 6) is 0.368. The van der Waals surface area contributed by atoms with Gasteiger partial charge in [-0.2, -0.15) is 0 Å². The number of nitrogens with one attached hydrogen (secondary N) is 2. The number of hydrogen-bond acceptors (Lipinski definition) is 4. The van der Waals surface area contributed by atoms with Crippen LogP contribution in [0.2, 0.25) is 0 Å². The number of carbonyl (C=O) groups is 1. The molecule has 4 heteroatoms. The second-order valence-corrected chi connectivity index (χ2v) is 3.84. The Bertz CT molecular complexity index is 373. The summed E-state index contributed by atoms with van der Waals surface area (Å²) in [5.41, 5.74) is 1.03. The Morgan fingerprint density at radius 2 is 2.19 bits per heavy atom. The minimum Gasteiger partial charge on any atom is -0.426 e. The molecule has 0 saturated carbocycles. The van der Waals surface area contributed by atoms with Crippen LogP contribution in [0.15, 0.2) is 24.3 Å². The van der Waals surface area contributed by atoms with E-state index in [9.17, 15) is 4.79 Å². The molecule has 16 heavy (non-hydrogen) atoms. The predicted octanol–water partition coefficient (Wildman–Crippen LogP) is 0.846. The molecule has 0 radical (unpaired) electrons. The molecule has 1 aliphatic rings. The van der Waals surface area contributed by atoms with Gasteiger partial charge in [-0.05, 0) is 6.07 Å². The molecule has 1 saturated heterocycles. The van der Waals surface area contributed by atoms with E-state index in [1.165, 1.54) is 6.92 Å². The highest BCUT2D eigenvalue weighted by atomic mass is 16.5. The quantitative estimate of drug-likeness (QED) is 0.573. The Morgan fingerprint density at radius 3 is 2.88 bits per heavy atom. The summed E-state index contributed by atoms with van der Waals surface area (Å²) in [6.45, 7) is 4.19. The summed E-state index contributed by atoms with van der Waals surface area (Å²) < 4.78 is 5.19. The molecule has 86 valence electrons. The van der Waals surface area contributed by atoms with Crippen molar-refractivity contribution in [3.05, 3.63) is 29.8 Å². The fourth-order valence-corrected chi connectivity index (χ4v) is 1.89. The van der Waals surface area contributed by atoms with E-state index in [0.29, 0.717) is 5.75 Å². The van der Waals surface area contributed by atoms with Gasteiger partial charge in [0.25, 0.3) is 0 Å². The third-order valence-corrected chi connectivity index (χ3v) is 2.59. The molecule has 2 N–H and O–H groups in total. The van der Waals surface area contributed by atoms with Gasteiger partial charge in [0.1, 0.15) is 5.75 Å². The summed E-state index contributed by atoms with van der Waals surface area (Å²) >= 11 is 0. The van der Waals surface area contributed by atoms with Crippen molar-refractivity contribution in [2.75, 3.05) is 19.6 Å². The number of para-hydroxylation sites is 1. The van der Waals surface area contributed by atoms with E-state index < -0.39 is 0 Å². The van der Waals surface area contributed by atoms with Gasteiger partial charge in [-0.3, -0.25) is 4.79 Å². The zero-order valence-corrected chi connectivity index (χ0v) is 9.32. The predicted molar refractivity (Wildman–Crippen MR) is 61.4 cm³/mol. The maximum Gasteiger partial charge on any atom is 0.308 e. The molecule has 0 aliphatic carbocycles. The van der Waals surface area contributed by atoms with Crippen molar-refractivity contribution in [3.8, 4) is 5.75 Å². The summed E-state index contributed by atoms with van der Waals surface area (Å²) in [6, 6.07) is 7.86. The minimum absolute atomic E-state index is 0.212. The molecular formula is C12H16N2O2. The molecule has 0 aromatic heterocycles. The van der Waals surface area contributed by atoms with Crippen LogP contribution in [-0.4, -0.2) is 25.6 Å². The van der Waals surface area contributed by atoms with E-state index >= 15 is 0 Å². The number of carbonyl (C=O) groups excluding carboxylic acids is 1. The molecule has 0 amide bonds. The van der Waals surface area contributed by atoms with Crippen molar-refractivity contribution in [2.45, 2.75) is 13.0 Å². The lowest BCUT2D eigenvalue weighted by molar-refractivity contribution is -0.131. The zero-order valence-electron chi connectivity index (χ0n) is 9.32. The molecule has 1 heterocycles. The van der Waals surface area contributed by atoms with E-state index in [0.717, 1.165) is 25.2 Å². The molecule has 1 aromatic carbocycles. The molecule has 1 unspecified atom stereocenters. The average Bonchev–Trinajstić information content (AvgIpc) is 2.30. The van der Waals surface area contributed by atoms with Crippen LogP contribution in [0.3, 0.4) is 0 Å². The lowest BCUT2D eigenvalue weighted by Crippen LogP contribution is -2.42.